The number of halogens is 2. The van der Waals surface area contributed by atoms with Gasteiger partial charge in [-0.05, 0) is 43.5 Å². The first-order valence-corrected chi connectivity index (χ1v) is 7.54. The van der Waals surface area contributed by atoms with Crippen LogP contribution >= 0.6 is 27.5 Å². The van der Waals surface area contributed by atoms with Crippen LogP contribution in [0.3, 0.4) is 0 Å². The number of hydrogen-bond donors (Lipinski definition) is 1. The van der Waals surface area contributed by atoms with Gasteiger partial charge in [-0.1, -0.05) is 28.8 Å². The molecule has 1 aromatic rings. The zero-order valence-corrected chi connectivity index (χ0v) is 12.8. The number of hydrogen-bond acceptors (Lipinski definition) is 1. The van der Waals surface area contributed by atoms with Gasteiger partial charge in [0.25, 0.3) is 5.91 Å². The number of benzene rings is 1. The summed E-state index contributed by atoms with van der Waals surface area (Å²) in [7, 11) is 0. The fourth-order valence-corrected chi connectivity index (χ4v) is 3.02. The first-order chi connectivity index (χ1) is 8.56. The monoisotopic (exact) mass is 329 g/mol. The number of amides is 1. The van der Waals surface area contributed by atoms with Gasteiger partial charge in [0.1, 0.15) is 0 Å². The Morgan fingerprint density at radius 3 is 2.67 bits per heavy atom. The van der Waals surface area contributed by atoms with E-state index in [4.69, 9.17) is 11.6 Å². The molecule has 1 saturated carbocycles. The third-order valence-corrected chi connectivity index (χ3v) is 5.02. The second-order valence-corrected chi connectivity index (χ2v) is 6.16. The molecule has 1 amide bonds. The Hall–Kier alpha value is -0.540. The molecule has 0 heterocycles. The third kappa shape index (κ3) is 2.89. The van der Waals surface area contributed by atoms with Gasteiger partial charge in [-0.15, -0.1) is 11.6 Å². The van der Waals surface area contributed by atoms with Gasteiger partial charge in [-0.2, -0.15) is 0 Å². The highest BCUT2D eigenvalue weighted by Gasteiger charge is 2.34. The van der Waals surface area contributed by atoms with Crippen molar-refractivity contribution < 1.29 is 4.79 Å². The van der Waals surface area contributed by atoms with Crippen molar-refractivity contribution >= 4 is 33.4 Å². The predicted octanol–water partition coefficient (Wildman–Crippen LogP) is 4.04. The number of nitrogens with one attached hydrogen (secondary N) is 1. The van der Waals surface area contributed by atoms with Gasteiger partial charge >= 0.3 is 0 Å². The molecule has 98 valence electrons. The van der Waals surface area contributed by atoms with Gasteiger partial charge in [0, 0.05) is 15.9 Å². The molecule has 0 bridgehead atoms. The molecule has 0 unspecified atom stereocenters. The van der Waals surface area contributed by atoms with Crippen LogP contribution in [0, 0.1) is 6.92 Å². The Morgan fingerprint density at radius 2 is 2.11 bits per heavy atom. The first-order valence-electron chi connectivity index (χ1n) is 6.21. The van der Waals surface area contributed by atoms with Crippen molar-refractivity contribution in [1.82, 2.24) is 5.32 Å². The lowest BCUT2D eigenvalue weighted by Crippen LogP contribution is -2.47. The molecule has 4 heteroatoms. The van der Waals surface area contributed by atoms with Crippen molar-refractivity contribution in [3.05, 3.63) is 33.8 Å². The minimum absolute atomic E-state index is 0.0202. The van der Waals surface area contributed by atoms with Crippen LogP contribution in [0.5, 0.6) is 0 Å². The maximum atomic E-state index is 12.2. The lowest BCUT2D eigenvalue weighted by atomic mass is 9.99. The lowest BCUT2D eigenvalue weighted by molar-refractivity contribution is 0.0909. The summed E-state index contributed by atoms with van der Waals surface area (Å²) in [4.78, 5) is 12.2. The number of carbonyl (C=O) groups is 1. The number of carbonyl (C=O) groups excluding carboxylic acids is 1. The Balaban J connectivity index is 2.13. The SMILES string of the molecule is Cc1cc(C(=O)NC2(CCl)CCCC2)ccc1Br. The van der Waals surface area contributed by atoms with Crippen LogP contribution in [0.25, 0.3) is 0 Å². The standard InChI is InChI=1S/C14H17BrClNO/c1-10-8-11(4-5-12(10)15)13(18)17-14(9-16)6-2-3-7-14/h4-5,8H,2-3,6-7,9H2,1H3,(H,17,18). The van der Waals surface area contributed by atoms with Crippen molar-refractivity contribution in [2.45, 2.75) is 38.1 Å². The molecule has 0 atom stereocenters. The van der Waals surface area contributed by atoms with Gasteiger partial charge < -0.3 is 5.32 Å². The zero-order chi connectivity index (χ0) is 13.2. The van der Waals surface area contributed by atoms with Crippen molar-refractivity contribution in [2.75, 3.05) is 5.88 Å². The van der Waals surface area contributed by atoms with E-state index in [-0.39, 0.29) is 11.4 Å². The molecule has 0 spiro atoms. The second kappa shape index (κ2) is 5.62. The van der Waals surface area contributed by atoms with Crippen LogP contribution in [0.4, 0.5) is 0 Å². The van der Waals surface area contributed by atoms with Crippen molar-refractivity contribution in [3.63, 3.8) is 0 Å². The van der Waals surface area contributed by atoms with E-state index in [0.29, 0.717) is 11.4 Å². The van der Waals surface area contributed by atoms with E-state index in [1.54, 1.807) is 0 Å². The molecule has 2 rings (SSSR count). The highest BCUT2D eigenvalue weighted by molar-refractivity contribution is 9.10. The van der Waals surface area contributed by atoms with Gasteiger partial charge in [0.15, 0.2) is 0 Å². The number of rotatable bonds is 3. The summed E-state index contributed by atoms with van der Waals surface area (Å²) in [6.45, 7) is 1.98. The third-order valence-electron chi connectivity index (χ3n) is 3.62. The summed E-state index contributed by atoms with van der Waals surface area (Å²) in [6, 6.07) is 5.64. The highest BCUT2D eigenvalue weighted by Crippen LogP contribution is 2.31. The first kappa shape index (κ1) is 13.9. The van der Waals surface area contributed by atoms with Gasteiger partial charge in [-0.3, -0.25) is 4.79 Å². The van der Waals surface area contributed by atoms with Crippen molar-refractivity contribution in [1.29, 1.82) is 0 Å². The van der Waals surface area contributed by atoms with Gasteiger partial charge in [-0.25, -0.2) is 0 Å². The maximum absolute atomic E-state index is 12.2. The fourth-order valence-electron chi connectivity index (χ4n) is 2.44. The van der Waals surface area contributed by atoms with Crippen LogP contribution in [0.15, 0.2) is 22.7 Å². The van der Waals surface area contributed by atoms with Crippen molar-refractivity contribution in [2.24, 2.45) is 0 Å². The molecule has 0 radical (unpaired) electrons. The lowest BCUT2D eigenvalue weighted by Gasteiger charge is -2.28. The molecular weight excluding hydrogens is 314 g/mol. The van der Waals surface area contributed by atoms with E-state index >= 15 is 0 Å². The van der Waals surface area contributed by atoms with E-state index in [0.717, 1.165) is 35.7 Å². The minimum atomic E-state index is -0.195. The fraction of sp³-hybridized carbons (Fsp3) is 0.500. The normalized spacial score (nSPS) is 17.7. The zero-order valence-electron chi connectivity index (χ0n) is 10.4. The highest BCUT2D eigenvalue weighted by atomic mass is 79.9. The molecule has 1 fully saturated rings. The van der Waals surface area contributed by atoms with E-state index < -0.39 is 0 Å². The van der Waals surface area contributed by atoms with E-state index in [1.165, 1.54) is 0 Å². The molecular formula is C14H17BrClNO. The average molecular weight is 331 g/mol. The summed E-state index contributed by atoms with van der Waals surface area (Å²) >= 11 is 9.47. The van der Waals surface area contributed by atoms with Gasteiger partial charge in [0.2, 0.25) is 0 Å². The Morgan fingerprint density at radius 1 is 1.44 bits per heavy atom. The molecule has 2 nitrogen and oxygen atoms in total. The molecule has 1 N–H and O–H groups in total. The molecule has 1 aliphatic rings. The molecule has 1 aromatic carbocycles. The molecule has 1 aliphatic carbocycles. The Labute approximate surface area is 121 Å². The van der Waals surface area contributed by atoms with E-state index in [9.17, 15) is 4.79 Å². The van der Waals surface area contributed by atoms with E-state index in [2.05, 4.69) is 21.2 Å². The van der Waals surface area contributed by atoms with Crippen LogP contribution in [-0.4, -0.2) is 17.3 Å². The van der Waals surface area contributed by atoms with Crippen molar-refractivity contribution in [3.8, 4) is 0 Å². The molecule has 18 heavy (non-hydrogen) atoms. The van der Waals surface area contributed by atoms with Gasteiger partial charge in [0.05, 0.1) is 5.54 Å². The Kier molecular flexibility index (Phi) is 4.33. The molecule has 0 aromatic heterocycles. The summed E-state index contributed by atoms with van der Waals surface area (Å²) in [6.07, 6.45) is 4.26. The summed E-state index contributed by atoms with van der Waals surface area (Å²) in [5.41, 5.74) is 1.57. The second-order valence-electron chi connectivity index (χ2n) is 5.04. The Bertz CT molecular complexity index is 455. The predicted molar refractivity (Wildman–Crippen MR) is 78.3 cm³/mol. The summed E-state index contributed by atoms with van der Waals surface area (Å²) < 4.78 is 1.02. The minimum Gasteiger partial charge on any atom is -0.345 e. The number of aryl methyl sites for hydroxylation is 1. The van der Waals surface area contributed by atoms with Crippen LogP contribution in [-0.2, 0) is 0 Å². The topological polar surface area (TPSA) is 29.1 Å². The van der Waals surface area contributed by atoms with Crippen LogP contribution < -0.4 is 5.32 Å². The van der Waals surface area contributed by atoms with E-state index in [1.807, 2.05) is 25.1 Å². The molecule has 0 aliphatic heterocycles. The summed E-state index contributed by atoms with van der Waals surface area (Å²) in [5.74, 6) is 0.474. The van der Waals surface area contributed by atoms with Crippen LogP contribution in [0.1, 0.15) is 41.6 Å². The largest absolute Gasteiger partial charge is 0.345 e. The smallest absolute Gasteiger partial charge is 0.251 e. The summed E-state index contributed by atoms with van der Waals surface area (Å²) in [5, 5.41) is 3.12. The maximum Gasteiger partial charge on any atom is 0.251 e. The van der Waals surface area contributed by atoms with Crippen LogP contribution in [0.2, 0.25) is 0 Å². The average Bonchev–Trinajstić information content (AvgIpc) is 2.82. The quantitative estimate of drug-likeness (QED) is 0.833. The molecule has 0 saturated heterocycles. The number of alkyl halides is 1.